The summed E-state index contributed by atoms with van der Waals surface area (Å²) in [6, 6.07) is 11.7. The number of guanidine groups is 1. The molecule has 1 saturated heterocycles. The quantitative estimate of drug-likeness (QED) is 0.283. The van der Waals surface area contributed by atoms with Gasteiger partial charge in [0.15, 0.2) is 5.96 Å². The normalized spacial score (nSPS) is 19.6. The van der Waals surface area contributed by atoms with E-state index in [2.05, 4.69) is 76.8 Å². The Kier molecular flexibility index (Phi) is 9.41. The fourth-order valence-electron chi connectivity index (χ4n) is 3.65. The van der Waals surface area contributed by atoms with Gasteiger partial charge in [0, 0.05) is 50.5 Å². The van der Waals surface area contributed by atoms with E-state index in [9.17, 15) is 0 Å². The van der Waals surface area contributed by atoms with Crippen molar-refractivity contribution >= 4 is 35.6 Å². The molecule has 1 aromatic carbocycles. The van der Waals surface area contributed by atoms with E-state index in [1.165, 1.54) is 5.69 Å². The molecule has 0 radical (unpaired) electrons. The molecule has 6 heteroatoms. The van der Waals surface area contributed by atoms with Gasteiger partial charge in [0.1, 0.15) is 0 Å². The van der Waals surface area contributed by atoms with Crippen LogP contribution in [0, 0.1) is 0 Å². The van der Waals surface area contributed by atoms with Crippen LogP contribution < -0.4 is 15.5 Å². The van der Waals surface area contributed by atoms with Crippen LogP contribution in [0.2, 0.25) is 0 Å². The lowest BCUT2D eigenvalue weighted by Gasteiger charge is -2.38. The Labute approximate surface area is 181 Å². The van der Waals surface area contributed by atoms with E-state index >= 15 is 0 Å². The second kappa shape index (κ2) is 11.5. The Bertz CT molecular complexity index is 588. The maximum absolute atomic E-state index is 4.84. The van der Waals surface area contributed by atoms with E-state index in [1.54, 1.807) is 0 Å². The monoisotopic (exact) mass is 483 g/mol. The first kappa shape index (κ1) is 22.0. The van der Waals surface area contributed by atoms with E-state index in [4.69, 9.17) is 4.99 Å². The fourth-order valence-corrected chi connectivity index (χ4v) is 3.65. The number of piperazine rings is 1. The molecule has 0 amide bonds. The van der Waals surface area contributed by atoms with Crippen molar-refractivity contribution in [3.8, 4) is 0 Å². The van der Waals surface area contributed by atoms with Crippen molar-refractivity contribution in [3.63, 3.8) is 0 Å². The second-order valence-corrected chi connectivity index (χ2v) is 7.21. The van der Waals surface area contributed by atoms with Gasteiger partial charge in [0.2, 0.25) is 0 Å². The van der Waals surface area contributed by atoms with Crippen molar-refractivity contribution in [2.75, 3.05) is 44.2 Å². The number of nitrogens with one attached hydrogen (secondary N) is 2. The molecule has 1 aliphatic carbocycles. The molecule has 1 fully saturated rings. The first-order chi connectivity index (χ1) is 12.8. The van der Waals surface area contributed by atoms with Crippen LogP contribution in [-0.2, 0) is 0 Å². The molecule has 0 bridgehead atoms. The molecule has 1 aromatic rings. The number of aliphatic imine (C=N–C) groups is 1. The predicted molar refractivity (Wildman–Crippen MR) is 126 cm³/mol. The molecule has 2 N–H and O–H groups in total. The first-order valence-corrected chi connectivity index (χ1v) is 10.00. The zero-order valence-corrected chi connectivity index (χ0v) is 18.9. The second-order valence-electron chi connectivity index (χ2n) is 7.21. The molecular weight excluding hydrogens is 449 g/mol. The number of hydrogen-bond acceptors (Lipinski definition) is 3. The molecule has 0 aromatic heterocycles. The smallest absolute Gasteiger partial charge is 0.191 e. The third-order valence-electron chi connectivity index (χ3n) is 5.27. The molecule has 5 nitrogen and oxygen atoms in total. The zero-order valence-electron chi connectivity index (χ0n) is 16.6. The van der Waals surface area contributed by atoms with Gasteiger partial charge in [-0.3, -0.25) is 9.89 Å². The number of anilines is 1. The minimum absolute atomic E-state index is 0. The molecule has 0 spiro atoms. The average Bonchev–Trinajstić information content (AvgIpc) is 3.20. The highest BCUT2D eigenvalue weighted by Gasteiger charge is 2.21. The van der Waals surface area contributed by atoms with Crippen molar-refractivity contribution < 1.29 is 0 Å². The standard InChI is InChI=1S/C21H33N5.HI/c1-3-22-21(24-19-9-7-8-10-19)23-17-18(2)25-13-15-26(16-14-25)20-11-5-4-6-12-20;/h4-8,11-12,18-19H,3,9-10,13-17H2,1-2H3,(H2,22,23,24);1H. The summed E-state index contributed by atoms with van der Waals surface area (Å²) in [5.74, 6) is 0.955. The van der Waals surface area contributed by atoms with E-state index in [1.807, 2.05) is 0 Å². The number of nitrogens with zero attached hydrogens (tertiary/aromatic N) is 3. The Balaban J connectivity index is 0.00000261. The highest BCUT2D eigenvalue weighted by Crippen LogP contribution is 2.16. The summed E-state index contributed by atoms with van der Waals surface area (Å²) in [6.45, 7) is 10.5. The number of rotatable bonds is 6. The van der Waals surface area contributed by atoms with Gasteiger partial charge in [-0.15, -0.1) is 24.0 Å². The summed E-state index contributed by atoms with van der Waals surface area (Å²) in [6.07, 6.45) is 6.69. The van der Waals surface area contributed by atoms with Crippen molar-refractivity contribution in [1.82, 2.24) is 15.5 Å². The molecule has 1 atom stereocenters. The van der Waals surface area contributed by atoms with Gasteiger partial charge in [-0.2, -0.15) is 0 Å². The average molecular weight is 483 g/mol. The Morgan fingerprint density at radius 3 is 2.41 bits per heavy atom. The summed E-state index contributed by atoms with van der Waals surface area (Å²) in [5, 5.41) is 6.93. The van der Waals surface area contributed by atoms with Crippen molar-refractivity contribution in [1.29, 1.82) is 0 Å². The van der Waals surface area contributed by atoms with Crippen LogP contribution in [0.15, 0.2) is 47.5 Å². The Morgan fingerprint density at radius 2 is 1.78 bits per heavy atom. The molecule has 1 aliphatic heterocycles. The molecule has 27 heavy (non-hydrogen) atoms. The van der Waals surface area contributed by atoms with Crippen LogP contribution in [0.4, 0.5) is 5.69 Å². The molecule has 2 aliphatic rings. The van der Waals surface area contributed by atoms with E-state index < -0.39 is 0 Å². The molecule has 1 unspecified atom stereocenters. The fraction of sp³-hybridized carbons (Fsp3) is 0.571. The lowest BCUT2D eigenvalue weighted by molar-refractivity contribution is 0.201. The summed E-state index contributed by atoms with van der Waals surface area (Å²) in [7, 11) is 0. The summed E-state index contributed by atoms with van der Waals surface area (Å²) in [5.41, 5.74) is 1.33. The van der Waals surface area contributed by atoms with Crippen LogP contribution in [0.5, 0.6) is 0 Å². The lowest BCUT2D eigenvalue weighted by Crippen LogP contribution is -2.51. The third kappa shape index (κ3) is 6.68. The van der Waals surface area contributed by atoms with Crippen molar-refractivity contribution in [2.45, 2.75) is 38.8 Å². The number of para-hydroxylation sites is 1. The first-order valence-electron chi connectivity index (χ1n) is 10.00. The maximum atomic E-state index is 4.84. The molecular formula is C21H34IN5. The van der Waals surface area contributed by atoms with E-state index in [0.29, 0.717) is 12.1 Å². The number of halogens is 1. The number of benzene rings is 1. The van der Waals surface area contributed by atoms with Gasteiger partial charge in [-0.25, -0.2) is 0 Å². The highest BCUT2D eigenvalue weighted by atomic mass is 127. The van der Waals surface area contributed by atoms with Gasteiger partial charge in [-0.1, -0.05) is 30.4 Å². The zero-order chi connectivity index (χ0) is 18.2. The third-order valence-corrected chi connectivity index (χ3v) is 5.27. The largest absolute Gasteiger partial charge is 0.369 e. The molecule has 0 saturated carbocycles. The van der Waals surface area contributed by atoms with Crippen LogP contribution in [0.1, 0.15) is 26.7 Å². The van der Waals surface area contributed by atoms with Crippen LogP contribution >= 0.6 is 24.0 Å². The van der Waals surface area contributed by atoms with Crippen LogP contribution in [0.25, 0.3) is 0 Å². The number of hydrogen-bond donors (Lipinski definition) is 2. The van der Waals surface area contributed by atoms with E-state index in [0.717, 1.165) is 58.1 Å². The van der Waals surface area contributed by atoms with Gasteiger partial charge >= 0.3 is 0 Å². The molecule has 150 valence electrons. The summed E-state index contributed by atoms with van der Waals surface area (Å²) >= 11 is 0. The predicted octanol–water partition coefficient (Wildman–Crippen LogP) is 3.09. The SMILES string of the molecule is CCNC(=NCC(C)N1CCN(c2ccccc2)CC1)NC1CC=CC1.I. The minimum Gasteiger partial charge on any atom is -0.369 e. The van der Waals surface area contributed by atoms with E-state index in [-0.39, 0.29) is 24.0 Å². The minimum atomic E-state index is 0. The maximum Gasteiger partial charge on any atom is 0.191 e. The van der Waals surface area contributed by atoms with Crippen molar-refractivity contribution in [2.24, 2.45) is 4.99 Å². The van der Waals surface area contributed by atoms with Gasteiger partial charge < -0.3 is 15.5 Å². The van der Waals surface area contributed by atoms with Gasteiger partial charge in [-0.05, 0) is 38.8 Å². The lowest BCUT2D eigenvalue weighted by atomic mass is 10.2. The Morgan fingerprint density at radius 1 is 1.11 bits per heavy atom. The van der Waals surface area contributed by atoms with Gasteiger partial charge in [0.25, 0.3) is 0 Å². The molecule has 1 heterocycles. The topological polar surface area (TPSA) is 42.9 Å². The highest BCUT2D eigenvalue weighted by molar-refractivity contribution is 14.0. The Hall–Kier alpha value is -1.28. The molecule has 3 rings (SSSR count). The summed E-state index contributed by atoms with van der Waals surface area (Å²) in [4.78, 5) is 9.88. The van der Waals surface area contributed by atoms with Crippen molar-refractivity contribution in [3.05, 3.63) is 42.5 Å². The van der Waals surface area contributed by atoms with Crippen LogP contribution in [0.3, 0.4) is 0 Å². The van der Waals surface area contributed by atoms with Crippen LogP contribution in [-0.4, -0.2) is 62.2 Å². The van der Waals surface area contributed by atoms with Gasteiger partial charge in [0.05, 0.1) is 6.54 Å². The summed E-state index contributed by atoms with van der Waals surface area (Å²) < 4.78 is 0.